The number of benzene rings is 4. The largest absolute Gasteiger partial charge is 0.744 e. The number of aryl methyl sites for hydroxylation is 1. The van der Waals surface area contributed by atoms with Crippen LogP contribution in [0.4, 0.5) is 0 Å². The highest BCUT2D eigenvalue weighted by Gasteiger charge is 2.20. The predicted molar refractivity (Wildman–Crippen MR) is 105 cm³/mol. The minimum atomic E-state index is -4.71. The molecule has 0 fully saturated rings. The molecule has 0 spiro atoms. The molecule has 0 aliphatic rings. The smallest absolute Gasteiger partial charge is 0.338 e. The summed E-state index contributed by atoms with van der Waals surface area (Å²) in [7, 11) is -4.71. The normalized spacial score (nSPS) is 12.1. The third kappa shape index (κ3) is 2.59. The lowest BCUT2D eigenvalue weighted by molar-refractivity contribution is -0.129. The van der Waals surface area contributed by atoms with Crippen LogP contribution in [0.15, 0.2) is 53.4 Å². The summed E-state index contributed by atoms with van der Waals surface area (Å²) in [4.78, 5) is 11.7. The number of hydrogen-bond donors (Lipinski definition) is 1. The molecule has 4 rings (SSSR count). The number of aromatic hydroxyl groups is 1. The SMILES string of the molecule is C=C(C)C(=O)Oc1cc(O)c2ccc3c(S(=O)(=O)[O-])cc(C)c4ccc1c2c43. The van der Waals surface area contributed by atoms with Crippen molar-refractivity contribution in [1.29, 1.82) is 0 Å². The van der Waals surface area contributed by atoms with Gasteiger partial charge in [0.05, 0.1) is 4.90 Å². The standard InChI is InChI=1S/C21H16O6S/c1-10(2)21(23)27-17-9-16(22)13-5-7-15-18(28(24,25)26)8-11(3)12-4-6-14(17)20(13)19(12)15/h4-9,22H,1H2,2-3H3,(H,24,25,26)/p-1. The molecule has 0 saturated heterocycles. The lowest BCUT2D eigenvalue weighted by atomic mass is 9.91. The van der Waals surface area contributed by atoms with E-state index in [0.717, 1.165) is 5.39 Å². The van der Waals surface area contributed by atoms with Crippen molar-refractivity contribution < 1.29 is 27.6 Å². The number of hydrogen-bond acceptors (Lipinski definition) is 6. The monoisotopic (exact) mass is 395 g/mol. The van der Waals surface area contributed by atoms with Crippen LogP contribution in [0.3, 0.4) is 0 Å². The first-order valence-corrected chi connectivity index (χ1v) is 9.78. The number of phenols is 1. The second-order valence-electron chi connectivity index (χ2n) is 6.78. The van der Waals surface area contributed by atoms with E-state index in [1.165, 1.54) is 25.1 Å². The average molecular weight is 395 g/mol. The quantitative estimate of drug-likeness (QED) is 0.185. The van der Waals surface area contributed by atoms with Crippen LogP contribution >= 0.6 is 0 Å². The molecule has 1 N–H and O–H groups in total. The fraction of sp³-hybridized carbons (Fsp3) is 0.0952. The van der Waals surface area contributed by atoms with Crippen molar-refractivity contribution in [2.24, 2.45) is 0 Å². The van der Waals surface area contributed by atoms with Crippen LogP contribution in [0.25, 0.3) is 32.3 Å². The molecular formula is C21H15O6S-. The molecule has 0 heterocycles. The van der Waals surface area contributed by atoms with Gasteiger partial charge in [0.2, 0.25) is 0 Å². The highest BCUT2D eigenvalue weighted by molar-refractivity contribution is 7.86. The van der Waals surface area contributed by atoms with Crippen molar-refractivity contribution in [3.05, 3.63) is 54.1 Å². The zero-order chi connectivity index (χ0) is 20.4. The van der Waals surface area contributed by atoms with Crippen LogP contribution < -0.4 is 4.74 Å². The van der Waals surface area contributed by atoms with Gasteiger partial charge in [-0.2, -0.15) is 0 Å². The van der Waals surface area contributed by atoms with E-state index in [-0.39, 0.29) is 27.4 Å². The van der Waals surface area contributed by atoms with E-state index in [4.69, 9.17) is 4.74 Å². The van der Waals surface area contributed by atoms with Crippen molar-refractivity contribution in [3.63, 3.8) is 0 Å². The molecule has 0 aliphatic carbocycles. The van der Waals surface area contributed by atoms with Crippen molar-refractivity contribution in [2.75, 3.05) is 0 Å². The molecule has 28 heavy (non-hydrogen) atoms. The molecule has 6 nitrogen and oxygen atoms in total. The molecule has 0 radical (unpaired) electrons. The lowest BCUT2D eigenvalue weighted by Gasteiger charge is -2.19. The van der Waals surface area contributed by atoms with E-state index in [1.54, 1.807) is 25.1 Å². The van der Waals surface area contributed by atoms with E-state index in [0.29, 0.717) is 27.1 Å². The summed E-state index contributed by atoms with van der Waals surface area (Å²) < 4.78 is 40.8. The van der Waals surface area contributed by atoms with Crippen molar-refractivity contribution in [1.82, 2.24) is 0 Å². The summed E-state index contributed by atoms with van der Waals surface area (Å²) in [6.45, 7) is 6.76. The Morgan fingerprint density at radius 1 is 1.04 bits per heavy atom. The van der Waals surface area contributed by atoms with Crippen molar-refractivity contribution >= 4 is 48.4 Å². The van der Waals surface area contributed by atoms with Gasteiger partial charge >= 0.3 is 5.97 Å². The second-order valence-corrected chi connectivity index (χ2v) is 8.13. The third-order valence-electron chi connectivity index (χ3n) is 4.83. The third-order valence-corrected chi connectivity index (χ3v) is 5.70. The highest BCUT2D eigenvalue weighted by Crippen LogP contribution is 2.45. The molecular weight excluding hydrogens is 380 g/mol. The first-order chi connectivity index (χ1) is 13.1. The molecule has 0 atom stereocenters. The maximum absolute atomic E-state index is 12.0. The maximum Gasteiger partial charge on any atom is 0.338 e. The van der Waals surface area contributed by atoms with Gasteiger partial charge in [0.1, 0.15) is 21.6 Å². The lowest BCUT2D eigenvalue weighted by Crippen LogP contribution is -2.08. The van der Waals surface area contributed by atoms with Gasteiger partial charge < -0.3 is 14.4 Å². The summed E-state index contributed by atoms with van der Waals surface area (Å²) in [5, 5.41) is 13.5. The number of carbonyl (C=O) groups excluding carboxylic acids is 1. The van der Waals surface area contributed by atoms with Gasteiger partial charge in [-0.15, -0.1) is 0 Å². The zero-order valence-electron chi connectivity index (χ0n) is 15.1. The topological polar surface area (TPSA) is 104 Å². The fourth-order valence-electron chi connectivity index (χ4n) is 3.56. The van der Waals surface area contributed by atoms with Gasteiger partial charge in [-0.25, -0.2) is 13.2 Å². The Kier molecular flexibility index (Phi) is 3.85. The Labute approximate surface area is 160 Å². The summed E-state index contributed by atoms with van der Waals surface area (Å²) >= 11 is 0. The molecule has 0 bridgehead atoms. The fourth-order valence-corrected chi connectivity index (χ4v) is 4.32. The van der Waals surface area contributed by atoms with E-state index >= 15 is 0 Å². The molecule has 0 amide bonds. The summed E-state index contributed by atoms with van der Waals surface area (Å²) in [5.74, 6) is -0.645. The first-order valence-electron chi connectivity index (χ1n) is 8.37. The first kappa shape index (κ1) is 18.2. The van der Waals surface area contributed by atoms with Crippen molar-refractivity contribution in [3.8, 4) is 11.5 Å². The molecule has 0 aliphatic heterocycles. The van der Waals surface area contributed by atoms with Gasteiger partial charge in [0, 0.05) is 33.2 Å². The molecule has 4 aromatic rings. The van der Waals surface area contributed by atoms with Gasteiger partial charge in [-0.1, -0.05) is 18.7 Å². The minimum Gasteiger partial charge on any atom is -0.744 e. The van der Waals surface area contributed by atoms with E-state index in [2.05, 4.69) is 6.58 Å². The number of rotatable bonds is 3. The van der Waals surface area contributed by atoms with Crippen LogP contribution in [0.1, 0.15) is 12.5 Å². The van der Waals surface area contributed by atoms with E-state index in [1.807, 2.05) is 0 Å². The maximum atomic E-state index is 12.0. The Hall–Kier alpha value is -3.16. The molecule has 4 aromatic carbocycles. The van der Waals surface area contributed by atoms with Crippen LogP contribution in [0, 0.1) is 6.92 Å². The van der Waals surface area contributed by atoms with Crippen LogP contribution in [-0.4, -0.2) is 24.0 Å². The van der Waals surface area contributed by atoms with E-state index in [9.17, 15) is 22.9 Å². The Balaban J connectivity index is 2.22. The van der Waals surface area contributed by atoms with Gasteiger partial charge in [0.15, 0.2) is 0 Å². The van der Waals surface area contributed by atoms with Gasteiger partial charge in [-0.05, 0) is 48.4 Å². The summed E-state index contributed by atoms with van der Waals surface area (Å²) in [5.41, 5.74) is 0.806. The summed E-state index contributed by atoms with van der Waals surface area (Å²) in [6.07, 6.45) is 0. The minimum absolute atomic E-state index is 0.125. The molecule has 142 valence electrons. The number of phenolic OH excluding ortho intramolecular Hbond substituents is 1. The van der Waals surface area contributed by atoms with Gasteiger partial charge in [0.25, 0.3) is 0 Å². The predicted octanol–water partition coefficient (Wildman–Crippen LogP) is 3.98. The molecule has 7 heteroatoms. The molecule has 0 aromatic heterocycles. The zero-order valence-corrected chi connectivity index (χ0v) is 15.9. The summed E-state index contributed by atoms with van der Waals surface area (Å²) in [6, 6.07) is 9.26. The Morgan fingerprint density at radius 2 is 1.61 bits per heavy atom. The Bertz CT molecular complexity index is 1420. The number of ether oxygens (including phenoxy) is 1. The number of esters is 1. The average Bonchev–Trinajstić information content (AvgIpc) is 2.61. The number of carbonyl (C=O) groups is 1. The molecule has 0 saturated carbocycles. The van der Waals surface area contributed by atoms with E-state index < -0.39 is 16.1 Å². The molecule has 0 unspecified atom stereocenters. The highest BCUT2D eigenvalue weighted by atomic mass is 32.2. The Morgan fingerprint density at radius 3 is 2.25 bits per heavy atom. The van der Waals surface area contributed by atoms with Crippen LogP contribution in [0.5, 0.6) is 11.5 Å². The van der Waals surface area contributed by atoms with Crippen LogP contribution in [0.2, 0.25) is 0 Å². The van der Waals surface area contributed by atoms with Gasteiger partial charge in [-0.3, -0.25) is 0 Å². The van der Waals surface area contributed by atoms with Crippen molar-refractivity contribution in [2.45, 2.75) is 18.7 Å². The second kappa shape index (κ2) is 5.92. The van der Waals surface area contributed by atoms with Crippen LogP contribution in [-0.2, 0) is 14.9 Å².